The molecule has 130 valence electrons. The topological polar surface area (TPSA) is 91.8 Å². The Morgan fingerprint density at radius 3 is 2.85 bits per heavy atom. The molecule has 0 fully saturated rings. The maximum absolute atomic E-state index is 12.3. The van der Waals surface area contributed by atoms with Crippen LogP contribution in [0.3, 0.4) is 0 Å². The highest BCUT2D eigenvalue weighted by Crippen LogP contribution is 2.27. The number of carbonyl (C=O) groups excluding carboxylic acids is 1. The molecule has 0 saturated heterocycles. The summed E-state index contributed by atoms with van der Waals surface area (Å²) in [6.07, 6.45) is 9.44. The van der Waals surface area contributed by atoms with E-state index in [-0.39, 0.29) is 6.03 Å². The summed E-state index contributed by atoms with van der Waals surface area (Å²) >= 11 is 0. The highest BCUT2D eigenvalue weighted by molar-refractivity contribution is 6.05. The summed E-state index contributed by atoms with van der Waals surface area (Å²) in [6.45, 7) is 1.86. The zero-order valence-corrected chi connectivity index (χ0v) is 14.1. The van der Waals surface area contributed by atoms with Gasteiger partial charge < -0.3 is 10.6 Å². The van der Waals surface area contributed by atoms with Gasteiger partial charge in [-0.15, -0.1) is 0 Å². The second-order valence-electron chi connectivity index (χ2n) is 5.94. The van der Waals surface area contributed by atoms with Gasteiger partial charge in [0.25, 0.3) is 0 Å². The maximum atomic E-state index is 12.3. The van der Waals surface area contributed by atoms with Crippen LogP contribution in [-0.4, -0.2) is 34.1 Å². The van der Waals surface area contributed by atoms with Gasteiger partial charge in [0.1, 0.15) is 0 Å². The monoisotopic (exact) mass is 346 g/mol. The molecule has 26 heavy (non-hydrogen) atoms. The van der Waals surface area contributed by atoms with Crippen LogP contribution in [0.4, 0.5) is 16.3 Å². The van der Waals surface area contributed by atoms with Crippen LogP contribution in [0, 0.1) is 0 Å². The van der Waals surface area contributed by atoms with Crippen LogP contribution in [0.1, 0.15) is 12.0 Å². The molecule has 0 spiro atoms. The summed E-state index contributed by atoms with van der Waals surface area (Å²) in [6, 6.07) is 7.57. The Labute approximate surface area is 150 Å². The molecule has 1 aromatic carbocycles. The first-order valence-electron chi connectivity index (χ1n) is 8.42. The largest absolute Gasteiger partial charge is 0.324 e. The highest BCUT2D eigenvalue weighted by Gasteiger charge is 2.11. The Balaban J connectivity index is 1.62. The number of hydrogen-bond donors (Lipinski definition) is 3. The Kier molecular flexibility index (Phi) is 4.53. The van der Waals surface area contributed by atoms with Crippen molar-refractivity contribution in [3.05, 3.63) is 60.7 Å². The first kappa shape index (κ1) is 16.2. The molecule has 7 nitrogen and oxygen atoms in total. The lowest BCUT2D eigenvalue weighted by Crippen LogP contribution is -2.20. The fraction of sp³-hybridized carbons (Fsp3) is 0.158. The standard InChI is InChI=1S/C19H18N6O/c26-19(25-18-12-21-9-10-23-18)24-17-5-8-22-16-2-1-14(11-15(16)17)13-3-6-20-7-4-13/h1-3,5,8-12,20H,4,6-7H2,(H2,22,23,24,25,26). The first-order valence-corrected chi connectivity index (χ1v) is 8.42. The van der Waals surface area contributed by atoms with Gasteiger partial charge in [-0.1, -0.05) is 12.1 Å². The van der Waals surface area contributed by atoms with E-state index in [1.54, 1.807) is 18.5 Å². The van der Waals surface area contributed by atoms with Gasteiger partial charge in [0.15, 0.2) is 5.82 Å². The third kappa shape index (κ3) is 3.52. The Morgan fingerprint density at radius 2 is 2.04 bits per heavy atom. The van der Waals surface area contributed by atoms with Gasteiger partial charge in [0.05, 0.1) is 17.4 Å². The molecule has 0 atom stereocenters. The minimum Gasteiger partial charge on any atom is -0.313 e. The van der Waals surface area contributed by atoms with E-state index in [0.29, 0.717) is 11.5 Å². The van der Waals surface area contributed by atoms with Gasteiger partial charge in [-0.25, -0.2) is 9.78 Å². The van der Waals surface area contributed by atoms with Crippen molar-refractivity contribution in [2.75, 3.05) is 23.7 Å². The number of rotatable bonds is 3. The second-order valence-corrected chi connectivity index (χ2v) is 5.94. The quantitative estimate of drug-likeness (QED) is 0.678. The number of urea groups is 1. The fourth-order valence-corrected chi connectivity index (χ4v) is 2.97. The van der Waals surface area contributed by atoms with E-state index < -0.39 is 0 Å². The number of nitrogens with zero attached hydrogens (tertiary/aromatic N) is 3. The second kappa shape index (κ2) is 7.28. The Bertz CT molecular complexity index is 970. The molecular formula is C19H18N6O. The number of carbonyl (C=O) groups is 1. The van der Waals surface area contributed by atoms with Crippen LogP contribution in [-0.2, 0) is 0 Å². The lowest BCUT2D eigenvalue weighted by Gasteiger charge is -2.15. The third-order valence-electron chi connectivity index (χ3n) is 4.23. The molecule has 2 amide bonds. The molecule has 4 rings (SSSR count). The molecular weight excluding hydrogens is 328 g/mol. The summed E-state index contributed by atoms with van der Waals surface area (Å²) in [5.74, 6) is 0.393. The lowest BCUT2D eigenvalue weighted by molar-refractivity contribution is 0.262. The Morgan fingerprint density at radius 1 is 1.08 bits per heavy atom. The molecule has 1 aliphatic rings. The van der Waals surface area contributed by atoms with Crippen LogP contribution < -0.4 is 16.0 Å². The average Bonchev–Trinajstić information content (AvgIpc) is 2.69. The molecule has 1 aliphatic heterocycles. The van der Waals surface area contributed by atoms with Gasteiger partial charge in [-0.3, -0.25) is 15.3 Å². The predicted molar refractivity (Wildman–Crippen MR) is 102 cm³/mol. The molecule has 3 aromatic rings. The summed E-state index contributed by atoms with van der Waals surface area (Å²) in [7, 11) is 0. The maximum Gasteiger partial charge on any atom is 0.324 e. The number of pyridine rings is 1. The minimum atomic E-state index is -0.371. The molecule has 3 heterocycles. The first-order chi connectivity index (χ1) is 12.8. The third-order valence-corrected chi connectivity index (χ3v) is 4.23. The van der Waals surface area contributed by atoms with Crippen LogP contribution in [0.25, 0.3) is 16.5 Å². The number of benzene rings is 1. The normalized spacial score (nSPS) is 13.9. The van der Waals surface area contributed by atoms with E-state index in [1.165, 1.54) is 18.0 Å². The van der Waals surface area contributed by atoms with Gasteiger partial charge in [-0.2, -0.15) is 0 Å². The average molecular weight is 346 g/mol. The molecule has 0 unspecified atom stereocenters. The minimum absolute atomic E-state index is 0.371. The fourth-order valence-electron chi connectivity index (χ4n) is 2.97. The number of fused-ring (bicyclic) bond motifs is 1. The summed E-state index contributed by atoms with van der Waals surface area (Å²) < 4.78 is 0. The van der Waals surface area contributed by atoms with Crippen molar-refractivity contribution in [1.29, 1.82) is 0 Å². The molecule has 7 heteroatoms. The van der Waals surface area contributed by atoms with Crippen LogP contribution in [0.2, 0.25) is 0 Å². The molecule has 3 N–H and O–H groups in total. The highest BCUT2D eigenvalue weighted by atomic mass is 16.2. The van der Waals surface area contributed by atoms with E-state index in [9.17, 15) is 4.79 Å². The smallest absolute Gasteiger partial charge is 0.313 e. The van der Waals surface area contributed by atoms with Crippen LogP contribution in [0.15, 0.2) is 55.1 Å². The molecule has 0 aliphatic carbocycles. The van der Waals surface area contributed by atoms with Crippen molar-refractivity contribution in [3.63, 3.8) is 0 Å². The molecule has 0 saturated carbocycles. The van der Waals surface area contributed by atoms with E-state index >= 15 is 0 Å². The van der Waals surface area contributed by atoms with Gasteiger partial charge in [0, 0.05) is 30.5 Å². The van der Waals surface area contributed by atoms with Crippen LogP contribution in [0.5, 0.6) is 0 Å². The number of nitrogens with one attached hydrogen (secondary N) is 3. The van der Waals surface area contributed by atoms with Gasteiger partial charge in [-0.05, 0) is 42.3 Å². The molecule has 0 bridgehead atoms. The van der Waals surface area contributed by atoms with Crippen LogP contribution >= 0.6 is 0 Å². The van der Waals surface area contributed by atoms with Gasteiger partial charge >= 0.3 is 6.03 Å². The van der Waals surface area contributed by atoms with E-state index in [1.807, 2.05) is 6.07 Å². The summed E-state index contributed by atoms with van der Waals surface area (Å²) in [5.41, 5.74) is 4.00. The number of anilines is 2. The van der Waals surface area contributed by atoms with Crippen molar-refractivity contribution in [1.82, 2.24) is 20.3 Å². The van der Waals surface area contributed by atoms with Gasteiger partial charge in [0.2, 0.25) is 0 Å². The predicted octanol–water partition coefficient (Wildman–Crippen LogP) is 3.05. The van der Waals surface area contributed by atoms with Crippen molar-refractivity contribution in [2.45, 2.75) is 6.42 Å². The summed E-state index contributed by atoms with van der Waals surface area (Å²) in [5, 5.41) is 9.76. The molecule has 2 aromatic heterocycles. The SMILES string of the molecule is O=C(Nc1cnccn1)Nc1ccnc2ccc(C3=CCNCC3)cc12. The Hall–Kier alpha value is -3.32. The number of aromatic nitrogens is 3. The molecule has 0 radical (unpaired) electrons. The lowest BCUT2D eigenvalue weighted by atomic mass is 9.98. The van der Waals surface area contributed by atoms with Crippen molar-refractivity contribution < 1.29 is 4.79 Å². The van der Waals surface area contributed by atoms with Crippen molar-refractivity contribution in [3.8, 4) is 0 Å². The summed E-state index contributed by atoms with van der Waals surface area (Å²) in [4.78, 5) is 24.6. The van der Waals surface area contributed by atoms with Crippen molar-refractivity contribution in [2.24, 2.45) is 0 Å². The number of hydrogen-bond acceptors (Lipinski definition) is 5. The van der Waals surface area contributed by atoms with E-state index in [4.69, 9.17) is 0 Å². The van der Waals surface area contributed by atoms with E-state index in [2.05, 4.69) is 49.1 Å². The number of amides is 2. The van der Waals surface area contributed by atoms with E-state index in [0.717, 1.165) is 36.0 Å². The zero-order valence-electron chi connectivity index (χ0n) is 14.1. The zero-order chi connectivity index (χ0) is 17.8. The van der Waals surface area contributed by atoms with Crippen molar-refractivity contribution >= 4 is 34.0 Å².